The van der Waals surface area contributed by atoms with Gasteiger partial charge in [-0.1, -0.05) is 0 Å². The van der Waals surface area contributed by atoms with Crippen molar-refractivity contribution in [3.8, 4) is 0 Å². The number of carbonyl (C=O) groups excluding carboxylic acids is 2. The molecule has 19 heavy (non-hydrogen) atoms. The topological polar surface area (TPSA) is 73.5 Å². The highest BCUT2D eigenvalue weighted by atomic mass is 16.2. The molecule has 2 heterocycles. The number of rotatable bonds is 3. The third-order valence-electron chi connectivity index (χ3n) is 4.10. The van der Waals surface area contributed by atoms with Crippen molar-refractivity contribution in [3.63, 3.8) is 0 Å². The van der Waals surface area contributed by atoms with E-state index in [0.29, 0.717) is 12.6 Å². The quantitative estimate of drug-likeness (QED) is 0.618. The SMILES string of the molecule is CNC(C)C(=O)NC1CNCCC2CCCN2C1=O. The lowest BCUT2D eigenvalue weighted by molar-refractivity contribution is -0.138. The first-order valence-electron chi connectivity index (χ1n) is 7.12. The van der Waals surface area contributed by atoms with E-state index in [-0.39, 0.29) is 17.9 Å². The Morgan fingerprint density at radius 2 is 2.26 bits per heavy atom. The van der Waals surface area contributed by atoms with Crippen LogP contribution in [0.3, 0.4) is 0 Å². The number of hydrogen-bond acceptors (Lipinski definition) is 4. The molecule has 2 saturated heterocycles. The lowest BCUT2D eigenvalue weighted by atomic mass is 10.1. The number of fused-ring (bicyclic) bond motifs is 1. The van der Waals surface area contributed by atoms with E-state index in [4.69, 9.17) is 0 Å². The zero-order chi connectivity index (χ0) is 13.8. The monoisotopic (exact) mass is 268 g/mol. The van der Waals surface area contributed by atoms with Gasteiger partial charge in [-0.05, 0) is 39.8 Å². The molecular weight excluding hydrogens is 244 g/mol. The molecule has 3 unspecified atom stereocenters. The molecule has 2 aliphatic rings. The van der Waals surface area contributed by atoms with Crippen LogP contribution in [0.15, 0.2) is 0 Å². The molecule has 6 nitrogen and oxygen atoms in total. The summed E-state index contributed by atoms with van der Waals surface area (Å²) in [5, 5.41) is 8.99. The Balaban J connectivity index is 2.01. The van der Waals surface area contributed by atoms with Crippen molar-refractivity contribution in [3.05, 3.63) is 0 Å². The van der Waals surface area contributed by atoms with Gasteiger partial charge in [-0.2, -0.15) is 0 Å². The van der Waals surface area contributed by atoms with Gasteiger partial charge in [0.05, 0.1) is 6.04 Å². The highest BCUT2D eigenvalue weighted by Gasteiger charge is 2.35. The van der Waals surface area contributed by atoms with Crippen molar-refractivity contribution < 1.29 is 9.59 Å². The summed E-state index contributed by atoms with van der Waals surface area (Å²) in [5.41, 5.74) is 0. The van der Waals surface area contributed by atoms with Crippen LogP contribution in [0.4, 0.5) is 0 Å². The molecule has 0 radical (unpaired) electrons. The first-order chi connectivity index (χ1) is 9.13. The highest BCUT2D eigenvalue weighted by molar-refractivity contribution is 5.90. The number of carbonyl (C=O) groups is 2. The molecule has 0 aromatic rings. The maximum Gasteiger partial charge on any atom is 0.246 e. The van der Waals surface area contributed by atoms with Gasteiger partial charge in [0, 0.05) is 19.1 Å². The number of likely N-dealkylation sites (N-methyl/N-ethyl adjacent to an activating group) is 1. The molecule has 0 aromatic carbocycles. The van der Waals surface area contributed by atoms with Gasteiger partial charge in [-0.3, -0.25) is 9.59 Å². The van der Waals surface area contributed by atoms with Crippen molar-refractivity contribution in [2.75, 3.05) is 26.7 Å². The Morgan fingerprint density at radius 1 is 1.47 bits per heavy atom. The molecule has 0 aliphatic carbocycles. The van der Waals surface area contributed by atoms with Gasteiger partial charge in [0.25, 0.3) is 0 Å². The number of amides is 2. The van der Waals surface area contributed by atoms with Gasteiger partial charge in [0.1, 0.15) is 6.04 Å². The third-order valence-corrected chi connectivity index (χ3v) is 4.10. The lowest BCUT2D eigenvalue weighted by Gasteiger charge is -2.32. The predicted molar refractivity (Wildman–Crippen MR) is 72.7 cm³/mol. The maximum atomic E-state index is 12.5. The minimum Gasteiger partial charge on any atom is -0.342 e. The van der Waals surface area contributed by atoms with Gasteiger partial charge >= 0.3 is 0 Å². The zero-order valence-electron chi connectivity index (χ0n) is 11.7. The second kappa shape index (κ2) is 6.34. The summed E-state index contributed by atoms with van der Waals surface area (Å²) in [5.74, 6) is -0.0645. The van der Waals surface area contributed by atoms with E-state index in [1.54, 1.807) is 14.0 Å². The van der Waals surface area contributed by atoms with Crippen molar-refractivity contribution in [2.24, 2.45) is 0 Å². The standard InChI is InChI=1S/C13H24N4O2/c1-9(14-2)12(18)16-11-8-15-6-5-10-4-3-7-17(10)13(11)19/h9-11,14-15H,3-8H2,1-2H3,(H,16,18). The van der Waals surface area contributed by atoms with E-state index in [1.165, 1.54) is 0 Å². The zero-order valence-corrected chi connectivity index (χ0v) is 11.7. The Hall–Kier alpha value is -1.14. The van der Waals surface area contributed by atoms with Gasteiger partial charge < -0.3 is 20.9 Å². The largest absolute Gasteiger partial charge is 0.342 e. The molecule has 0 spiro atoms. The second-order valence-electron chi connectivity index (χ2n) is 5.39. The minimum absolute atomic E-state index is 0.0614. The third kappa shape index (κ3) is 3.25. The van der Waals surface area contributed by atoms with Crippen LogP contribution >= 0.6 is 0 Å². The summed E-state index contributed by atoms with van der Waals surface area (Å²) in [6.07, 6.45) is 3.17. The van der Waals surface area contributed by atoms with Crippen LogP contribution in [0.25, 0.3) is 0 Å². The lowest BCUT2D eigenvalue weighted by Crippen LogP contribution is -2.58. The Morgan fingerprint density at radius 3 is 3.00 bits per heavy atom. The van der Waals surface area contributed by atoms with Gasteiger partial charge in [0.15, 0.2) is 0 Å². The van der Waals surface area contributed by atoms with E-state index in [0.717, 1.165) is 32.4 Å². The van der Waals surface area contributed by atoms with Gasteiger partial charge in [-0.25, -0.2) is 0 Å². The summed E-state index contributed by atoms with van der Waals surface area (Å²) < 4.78 is 0. The molecular formula is C13H24N4O2. The molecule has 2 aliphatic heterocycles. The van der Waals surface area contributed by atoms with Gasteiger partial charge in [0.2, 0.25) is 11.8 Å². The molecule has 0 aromatic heterocycles. The first kappa shape index (κ1) is 14.3. The molecule has 108 valence electrons. The fourth-order valence-corrected chi connectivity index (χ4v) is 2.77. The normalized spacial score (nSPS) is 29.4. The van der Waals surface area contributed by atoms with Gasteiger partial charge in [-0.15, -0.1) is 0 Å². The molecule has 2 amide bonds. The summed E-state index contributed by atoms with van der Waals surface area (Å²) in [6, 6.07) is -0.377. The van der Waals surface area contributed by atoms with Crippen LogP contribution in [-0.4, -0.2) is 61.5 Å². The van der Waals surface area contributed by atoms with Crippen LogP contribution in [0.1, 0.15) is 26.2 Å². The van der Waals surface area contributed by atoms with E-state index in [2.05, 4.69) is 16.0 Å². The fourth-order valence-electron chi connectivity index (χ4n) is 2.77. The number of nitrogens with one attached hydrogen (secondary N) is 3. The van der Waals surface area contributed by atoms with Crippen molar-refractivity contribution in [2.45, 2.75) is 44.3 Å². The second-order valence-corrected chi connectivity index (χ2v) is 5.39. The van der Waals surface area contributed by atoms with Crippen LogP contribution in [0.5, 0.6) is 0 Å². The van der Waals surface area contributed by atoms with E-state index < -0.39 is 6.04 Å². The van der Waals surface area contributed by atoms with Crippen LogP contribution in [0.2, 0.25) is 0 Å². The minimum atomic E-state index is -0.441. The summed E-state index contributed by atoms with van der Waals surface area (Å²) in [4.78, 5) is 26.3. The first-order valence-corrected chi connectivity index (χ1v) is 7.12. The van der Waals surface area contributed by atoms with Crippen molar-refractivity contribution in [1.82, 2.24) is 20.9 Å². The highest BCUT2D eigenvalue weighted by Crippen LogP contribution is 2.21. The smallest absolute Gasteiger partial charge is 0.246 e. The number of hydrogen-bond donors (Lipinski definition) is 3. The maximum absolute atomic E-state index is 12.5. The van der Waals surface area contributed by atoms with Crippen LogP contribution < -0.4 is 16.0 Å². The molecule has 0 bridgehead atoms. The summed E-state index contributed by atoms with van der Waals surface area (Å²) >= 11 is 0. The molecule has 6 heteroatoms. The van der Waals surface area contributed by atoms with Crippen LogP contribution in [0, 0.1) is 0 Å². The molecule has 0 saturated carbocycles. The Kier molecular flexibility index (Phi) is 4.76. The Bertz CT molecular complexity index is 348. The van der Waals surface area contributed by atoms with Crippen molar-refractivity contribution in [1.29, 1.82) is 0 Å². The molecule has 3 atom stereocenters. The predicted octanol–water partition coefficient (Wildman–Crippen LogP) is -0.937. The van der Waals surface area contributed by atoms with Crippen molar-refractivity contribution >= 4 is 11.8 Å². The van der Waals surface area contributed by atoms with E-state index >= 15 is 0 Å². The fraction of sp³-hybridized carbons (Fsp3) is 0.846. The Labute approximate surface area is 114 Å². The molecule has 3 N–H and O–H groups in total. The number of nitrogens with zero attached hydrogens (tertiary/aromatic N) is 1. The molecule has 2 fully saturated rings. The average Bonchev–Trinajstić information content (AvgIpc) is 2.86. The van der Waals surface area contributed by atoms with Crippen LogP contribution in [-0.2, 0) is 9.59 Å². The molecule has 2 rings (SSSR count). The van der Waals surface area contributed by atoms with E-state index in [9.17, 15) is 9.59 Å². The average molecular weight is 268 g/mol. The summed E-state index contributed by atoms with van der Waals surface area (Å²) in [7, 11) is 1.74. The van der Waals surface area contributed by atoms with E-state index in [1.807, 2.05) is 4.90 Å². The summed E-state index contributed by atoms with van der Waals surface area (Å²) in [6.45, 7) is 4.04.